The third kappa shape index (κ3) is 6.44. The minimum absolute atomic E-state index is 0.135. The van der Waals surface area contributed by atoms with E-state index >= 15 is 0 Å². The van der Waals surface area contributed by atoms with Crippen LogP contribution in [-0.2, 0) is 11.0 Å². The van der Waals surface area contributed by atoms with Crippen LogP contribution in [0.15, 0.2) is 61.2 Å². The van der Waals surface area contributed by atoms with Crippen LogP contribution in [-0.4, -0.2) is 54.5 Å². The number of anilines is 2. The number of fused-ring (bicyclic) bond motifs is 1. The predicted molar refractivity (Wildman–Crippen MR) is 146 cm³/mol. The molecule has 2 aliphatic rings. The average Bonchev–Trinajstić information content (AvgIpc) is 3.38. The van der Waals surface area contributed by atoms with Gasteiger partial charge in [-0.1, -0.05) is 24.6 Å². The van der Waals surface area contributed by atoms with Gasteiger partial charge in [-0.05, 0) is 49.9 Å². The second-order valence-corrected chi connectivity index (χ2v) is 10.0. The molecule has 41 heavy (non-hydrogen) atoms. The Bertz CT molecular complexity index is 1520. The molecule has 0 spiro atoms. The van der Waals surface area contributed by atoms with E-state index in [1.807, 2.05) is 9.58 Å². The molecule has 2 amide bonds. The van der Waals surface area contributed by atoms with Crippen molar-refractivity contribution in [2.75, 3.05) is 24.1 Å². The molecule has 4 aromatic rings. The summed E-state index contributed by atoms with van der Waals surface area (Å²) in [6.07, 6.45) is 5.03. The van der Waals surface area contributed by atoms with Crippen molar-refractivity contribution in [3.63, 3.8) is 0 Å². The number of hydrogen-bond donors (Lipinski definition) is 2. The molecule has 0 bridgehead atoms. The smallest absolute Gasteiger partial charge is 0.383 e. The highest BCUT2D eigenvalue weighted by atomic mass is 19.4. The van der Waals surface area contributed by atoms with E-state index in [-0.39, 0.29) is 17.8 Å². The van der Waals surface area contributed by atoms with Crippen molar-refractivity contribution in [2.24, 2.45) is 5.92 Å². The number of amides is 2. The van der Waals surface area contributed by atoms with Gasteiger partial charge in [0.15, 0.2) is 5.65 Å². The van der Waals surface area contributed by atoms with Gasteiger partial charge in [0.05, 0.1) is 23.2 Å². The molecule has 6 rings (SSSR count). The Morgan fingerprint density at radius 2 is 1.78 bits per heavy atom. The number of nitrogens with one attached hydrogen (secondary N) is 1. The van der Waals surface area contributed by atoms with Gasteiger partial charge in [-0.3, -0.25) is 9.59 Å². The van der Waals surface area contributed by atoms with Crippen molar-refractivity contribution < 1.29 is 22.8 Å². The van der Waals surface area contributed by atoms with Crippen LogP contribution in [0.5, 0.6) is 0 Å². The van der Waals surface area contributed by atoms with Gasteiger partial charge in [-0.25, -0.2) is 19.6 Å². The third-order valence-electron chi connectivity index (χ3n) is 7.30. The Morgan fingerprint density at radius 1 is 1.00 bits per heavy atom. The number of alkyl halides is 3. The summed E-state index contributed by atoms with van der Waals surface area (Å²) < 4.78 is 39.4. The Kier molecular flexibility index (Phi) is 8.13. The van der Waals surface area contributed by atoms with Gasteiger partial charge in [-0.15, -0.1) is 0 Å². The summed E-state index contributed by atoms with van der Waals surface area (Å²) in [6.45, 7) is 1.58. The van der Waals surface area contributed by atoms with E-state index in [0.717, 1.165) is 68.1 Å². The zero-order chi connectivity index (χ0) is 29.0. The Morgan fingerprint density at radius 3 is 2.49 bits per heavy atom. The van der Waals surface area contributed by atoms with Crippen LogP contribution >= 0.6 is 0 Å². The fraction of sp³-hybridized carbons (Fsp3) is 0.357. The maximum Gasteiger partial charge on any atom is 0.416 e. The fourth-order valence-corrected chi connectivity index (χ4v) is 4.87. The molecule has 10 nitrogen and oxygen atoms in total. The normalized spacial score (nSPS) is 17.3. The Hall–Kier alpha value is -4.55. The van der Waals surface area contributed by atoms with Crippen LogP contribution < -0.4 is 11.1 Å². The maximum atomic E-state index is 12.5. The summed E-state index contributed by atoms with van der Waals surface area (Å²) in [7, 11) is 0. The molecule has 1 saturated heterocycles. The number of carbonyl (C=O) groups is 2. The molecule has 1 aliphatic carbocycles. The highest BCUT2D eigenvalue weighted by molar-refractivity contribution is 6.03. The third-order valence-corrected chi connectivity index (χ3v) is 7.30. The Balaban J connectivity index is 0.000000167. The van der Waals surface area contributed by atoms with Crippen LogP contribution in [0, 0.1) is 5.92 Å². The molecule has 1 aromatic carbocycles. The topological polar surface area (TPSA) is 132 Å². The number of benzene rings is 1. The van der Waals surface area contributed by atoms with E-state index in [2.05, 4.69) is 25.4 Å². The standard InChI is InChI=1S/C15H20N6O.C13H9F3N2O/c16-13-12-7-19-21(14(12)18-9-17-13)11-5-2-6-20(8-11)15(22)10-3-1-4-10;14-13(15,16)10-6-7-17-11(8-10)18-12(19)9-4-2-1-3-5-9/h7,9-11H,1-6,8H2,(H2,16,17,18);1-8H,(H,17,18,19). The maximum absolute atomic E-state index is 12.5. The molecule has 1 aliphatic heterocycles. The van der Waals surface area contributed by atoms with Gasteiger partial charge in [0.2, 0.25) is 5.91 Å². The number of carbonyl (C=O) groups excluding carboxylic acids is 2. The van der Waals surface area contributed by atoms with E-state index < -0.39 is 17.6 Å². The van der Waals surface area contributed by atoms with Gasteiger partial charge < -0.3 is 16.0 Å². The lowest BCUT2D eigenvalue weighted by Crippen LogP contribution is -2.45. The number of halogens is 3. The van der Waals surface area contributed by atoms with Crippen molar-refractivity contribution in [1.82, 2.24) is 29.6 Å². The number of pyridine rings is 1. The summed E-state index contributed by atoms with van der Waals surface area (Å²) in [4.78, 5) is 38.2. The van der Waals surface area contributed by atoms with Gasteiger partial charge >= 0.3 is 6.18 Å². The minimum Gasteiger partial charge on any atom is -0.383 e. The van der Waals surface area contributed by atoms with Gasteiger partial charge in [0.1, 0.15) is 18.0 Å². The second kappa shape index (κ2) is 11.9. The van der Waals surface area contributed by atoms with Crippen LogP contribution in [0.4, 0.5) is 24.8 Å². The number of likely N-dealkylation sites (tertiary alicyclic amines) is 1. The fourth-order valence-electron chi connectivity index (χ4n) is 4.87. The van der Waals surface area contributed by atoms with E-state index in [4.69, 9.17) is 5.73 Å². The summed E-state index contributed by atoms with van der Waals surface area (Å²) >= 11 is 0. The van der Waals surface area contributed by atoms with E-state index in [1.54, 1.807) is 36.5 Å². The quantitative estimate of drug-likeness (QED) is 0.365. The first kappa shape index (κ1) is 28.0. The first-order chi connectivity index (χ1) is 19.7. The van der Waals surface area contributed by atoms with Crippen molar-refractivity contribution in [3.8, 4) is 0 Å². The van der Waals surface area contributed by atoms with Crippen LogP contribution in [0.3, 0.4) is 0 Å². The van der Waals surface area contributed by atoms with Crippen LogP contribution in [0.2, 0.25) is 0 Å². The molecule has 3 N–H and O–H groups in total. The van der Waals surface area contributed by atoms with Crippen molar-refractivity contribution >= 4 is 34.5 Å². The van der Waals surface area contributed by atoms with Crippen molar-refractivity contribution in [2.45, 2.75) is 44.3 Å². The molecule has 4 heterocycles. The van der Waals surface area contributed by atoms with Crippen LogP contribution in [0.1, 0.15) is 54.1 Å². The summed E-state index contributed by atoms with van der Waals surface area (Å²) in [5.41, 5.74) is 6.12. The summed E-state index contributed by atoms with van der Waals surface area (Å²) in [5.74, 6) is 0.387. The number of nitrogens with zero attached hydrogens (tertiary/aromatic N) is 6. The van der Waals surface area contributed by atoms with Crippen molar-refractivity contribution in [3.05, 3.63) is 72.3 Å². The van der Waals surface area contributed by atoms with Crippen LogP contribution in [0.25, 0.3) is 11.0 Å². The number of nitrogen functional groups attached to an aromatic ring is 1. The monoisotopic (exact) mass is 566 g/mol. The lowest BCUT2D eigenvalue weighted by Gasteiger charge is -2.37. The lowest BCUT2D eigenvalue weighted by atomic mass is 9.84. The first-order valence-electron chi connectivity index (χ1n) is 13.3. The minimum atomic E-state index is -4.46. The summed E-state index contributed by atoms with van der Waals surface area (Å²) in [5, 5.41) is 7.55. The molecule has 1 atom stereocenters. The van der Waals surface area contributed by atoms with Crippen molar-refractivity contribution in [1.29, 1.82) is 0 Å². The van der Waals surface area contributed by atoms with E-state index in [9.17, 15) is 22.8 Å². The zero-order valence-corrected chi connectivity index (χ0v) is 22.1. The van der Waals surface area contributed by atoms with Gasteiger partial charge in [0, 0.05) is 30.8 Å². The number of rotatable bonds is 4. The first-order valence-corrected chi connectivity index (χ1v) is 13.3. The molecule has 1 saturated carbocycles. The largest absolute Gasteiger partial charge is 0.416 e. The molecule has 0 radical (unpaired) electrons. The number of nitrogens with two attached hydrogens (primary N) is 1. The predicted octanol–water partition coefficient (Wildman–Crippen LogP) is 4.72. The van der Waals surface area contributed by atoms with E-state index in [0.29, 0.717) is 17.3 Å². The Labute approximate surface area is 233 Å². The highest BCUT2D eigenvalue weighted by Gasteiger charge is 2.33. The molecular formula is C28H29F3N8O2. The van der Waals surface area contributed by atoms with Gasteiger partial charge in [0.25, 0.3) is 5.91 Å². The number of aromatic nitrogens is 5. The molecule has 3 aromatic heterocycles. The molecule has 2 fully saturated rings. The SMILES string of the molecule is Nc1ncnc2c1cnn2C1CCCN(C(=O)C2CCC2)C1.O=C(Nc1cc(C(F)(F)F)ccn1)c1ccccc1. The van der Waals surface area contributed by atoms with Gasteiger partial charge in [-0.2, -0.15) is 18.3 Å². The number of hydrogen-bond acceptors (Lipinski definition) is 7. The lowest BCUT2D eigenvalue weighted by molar-refractivity contribution is -0.140. The number of piperidine rings is 1. The average molecular weight is 567 g/mol. The molecule has 214 valence electrons. The van der Waals surface area contributed by atoms with E-state index in [1.165, 1.54) is 12.7 Å². The molecule has 13 heteroatoms. The summed E-state index contributed by atoms with van der Waals surface area (Å²) in [6, 6.07) is 9.98. The second-order valence-electron chi connectivity index (χ2n) is 10.0. The molecule has 1 unspecified atom stereocenters. The highest BCUT2D eigenvalue weighted by Crippen LogP contribution is 2.32. The molecular weight excluding hydrogens is 537 g/mol. The zero-order valence-electron chi connectivity index (χ0n) is 22.1.